The molecule has 18 heavy (non-hydrogen) atoms. The smallest absolute Gasteiger partial charge is 0.0822 e. The van der Waals surface area contributed by atoms with Gasteiger partial charge in [0.2, 0.25) is 0 Å². The fraction of sp³-hybridized carbons (Fsp3) is 0.643. The number of nitrogens with one attached hydrogen (secondary N) is 1. The molecule has 0 spiro atoms. The van der Waals surface area contributed by atoms with Crippen LogP contribution in [0.3, 0.4) is 0 Å². The predicted molar refractivity (Wildman–Crippen MR) is 77.3 cm³/mol. The lowest BCUT2D eigenvalue weighted by Gasteiger charge is -2.34. The first-order valence-electron chi connectivity index (χ1n) is 6.74. The Labute approximate surface area is 115 Å². The summed E-state index contributed by atoms with van der Waals surface area (Å²) in [4.78, 5) is 6.41. The SMILES string of the molecule is CC(C)NCC1CCN(c2ccncc2Cl)CC1. The van der Waals surface area contributed by atoms with Gasteiger partial charge in [-0.25, -0.2) is 0 Å². The summed E-state index contributed by atoms with van der Waals surface area (Å²) >= 11 is 6.18. The Bertz CT molecular complexity index is 373. The van der Waals surface area contributed by atoms with E-state index in [4.69, 9.17) is 11.6 Å². The number of rotatable bonds is 4. The molecule has 1 N–H and O–H groups in total. The van der Waals surface area contributed by atoms with Crippen molar-refractivity contribution in [1.82, 2.24) is 10.3 Å². The molecule has 0 saturated carbocycles. The lowest BCUT2D eigenvalue weighted by Crippen LogP contribution is -2.38. The molecule has 0 amide bonds. The number of aromatic nitrogens is 1. The first kappa shape index (κ1) is 13.6. The molecular formula is C14H22ClN3. The highest BCUT2D eigenvalue weighted by molar-refractivity contribution is 6.33. The summed E-state index contributed by atoms with van der Waals surface area (Å²) < 4.78 is 0. The summed E-state index contributed by atoms with van der Waals surface area (Å²) in [5.74, 6) is 0.796. The molecule has 1 aliphatic rings. The molecule has 0 radical (unpaired) electrons. The number of halogens is 1. The van der Waals surface area contributed by atoms with Gasteiger partial charge in [-0.05, 0) is 31.4 Å². The van der Waals surface area contributed by atoms with Crippen molar-refractivity contribution in [1.29, 1.82) is 0 Å². The van der Waals surface area contributed by atoms with Crippen LogP contribution in [0.1, 0.15) is 26.7 Å². The monoisotopic (exact) mass is 267 g/mol. The van der Waals surface area contributed by atoms with E-state index in [9.17, 15) is 0 Å². The number of anilines is 1. The van der Waals surface area contributed by atoms with Gasteiger partial charge in [0.1, 0.15) is 0 Å². The van der Waals surface area contributed by atoms with Crippen molar-refractivity contribution in [2.24, 2.45) is 5.92 Å². The summed E-state index contributed by atoms with van der Waals surface area (Å²) in [7, 11) is 0. The van der Waals surface area contributed by atoms with Crippen molar-refractivity contribution >= 4 is 17.3 Å². The first-order valence-corrected chi connectivity index (χ1v) is 7.12. The average molecular weight is 268 g/mol. The molecule has 0 atom stereocenters. The molecule has 1 aromatic heterocycles. The number of hydrogen-bond donors (Lipinski definition) is 1. The summed E-state index contributed by atoms with van der Waals surface area (Å²) in [5.41, 5.74) is 1.13. The molecule has 1 aliphatic heterocycles. The summed E-state index contributed by atoms with van der Waals surface area (Å²) in [5, 5.41) is 4.29. The van der Waals surface area contributed by atoms with Crippen LogP contribution in [0.4, 0.5) is 5.69 Å². The number of pyridine rings is 1. The molecule has 2 heterocycles. The van der Waals surface area contributed by atoms with Crippen molar-refractivity contribution in [2.45, 2.75) is 32.7 Å². The van der Waals surface area contributed by atoms with Crippen LogP contribution in [0.2, 0.25) is 5.02 Å². The topological polar surface area (TPSA) is 28.2 Å². The van der Waals surface area contributed by atoms with Gasteiger partial charge in [0.05, 0.1) is 10.7 Å². The Balaban J connectivity index is 1.85. The second-order valence-corrected chi connectivity index (χ2v) is 5.73. The molecule has 0 aliphatic carbocycles. The fourth-order valence-electron chi connectivity index (χ4n) is 2.40. The standard InChI is InChI=1S/C14H22ClN3/c1-11(2)17-9-12-4-7-18(8-5-12)14-3-6-16-10-13(14)15/h3,6,10-12,17H,4-5,7-9H2,1-2H3. The Morgan fingerprint density at radius 2 is 2.17 bits per heavy atom. The van der Waals surface area contributed by atoms with Crippen LogP contribution in [0, 0.1) is 5.92 Å². The van der Waals surface area contributed by atoms with Gasteiger partial charge in [-0.1, -0.05) is 25.4 Å². The summed E-state index contributed by atoms with van der Waals surface area (Å²) in [6.45, 7) is 7.72. The Morgan fingerprint density at radius 3 is 2.78 bits per heavy atom. The Kier molecular flexibility index (Phi) is 4.84. The lowest BCUT2D eigenvalue weighted by molar-refractivity contribution is 0.371. The predicted octanol–water partition coefficient (Wildman–Crippen LogP) is 2.95. The molecule has 0 unspecified atom stereocenters. The maximum Gasteiger partial charge on any atom is 0.0822 e. The number of nitrogens with zero attached hydrogens (tertiary/aromatic N) is 2. The zero-order valence-corrected chi connectivity index (χ0v) is 12.0. The summed E-state index contributed by atoms with van der Waals surface area (Å²) in [6.07, 6.45) is 6.01. The van der Waals surface area contributed by atoms with E-state index in [1.807, 2.05) is 12.3 Å². The molecule has 4 heteroatoms. The third-order valence-electron chi connectivity index (χ3n) is 3.52. The van der Waals surface area contributed by atoms with Crippen LogP contribution in [-0.4, -0.2) is 30.7 Å². The molecule has 0 bridgehead atoms. The van der Waals surface area contributed by atoms with Crippen LogP contribution < -0.4 is 10.2 Å². The second-order valence-electron chi connectivity index (χ2n) is 5.32. The van der Waals surface area contributed by atoms with Gasteiger partial charge in [0.15, 0.2) is 0 Å². The zero-order valence-electron chi connectivity index (χ0n) is 11.2. The largest absolute Gasteiger partial charge is 0.370 e. The zero-order chi connectivity index (χ0) is 13.0. The lowest BCUT2D eigenvalue weighted by atomic mass is 9.96. The van der Waals surface area contributed by atoms with Gasteiger partial charge < -0.3 is 10.2 Å². The van der Waals surface area contributed by atoms with Crippen LogP contribution in [0.25, 0.3) is 0 Å². The first-order chi connectivity index (χ1) is 8.66. The second kappa shape index (κ2) is 6.39. The molecule has 1 fully saturated rings. The van der Waals surface area contributed by atoms with Crippen molar-refractivity contribution in [3.63, 3.8) is 0 Å². The van der Waals surface area contributed by atoms with Crippen LogP contribution >= 0.6 is 11.6 Å². The quantitative estimate of drug-likeness (QED) is 0.909. The Hall–Kier alpha value is -0.800. The molecule has 0 aromatic carbocycles. The van der Waals surface area contributed by atoms with Gasteiger partial charge >= 0.3 is 0 Å². The molecular weight excluding hydrogens is 246 g/mol. The average Bonchev–Trinajstić information content (AvgIpc) is 2.38. The third-order valence-corrected chi connectivity index (χ3v) is 3.81. The maximum atomic E-state index is 6.18. The normalized spacial score (nSPS) is 17.4. The minimum atomic E-state index is 0.581. The molecule has 2 rings (SSSR count). The van der Waals surface area contributed by atoms with E-state index in [0.29, 0.717) is 6.04 Å². The van der Waals surface area contributed by atoms with Crippen molar-refractivity contribution in [2.75, 3.05) is 24.5 Å². The molecule has 1 aromatic rings. The maximum absolute atomic E-state index is 6.18. The highest BCUT2D eigenvalue weighted by atomic mass is 35.5. The van der Waals surface area contributed by atoms with E-state index in [2.05, 4.69) is 29.0 Å². The summed E-state index contributed by atoms with van der Waals surface area (Å²) in [6, 6.07) is 2.59. The minimum absolute atomic E-state index is 0.581. The van der Waals surface area contributed by atoms with Crippen LogP contribution in [-0.2, 0) is 0 Å². The van der Waals surface area contributed by atoms with Crippen LogP contribution in [0.15, 0.2) is 18.5 Å². The van der Waals surface area contributed by atoms with E-state index in [1.54, 1.807) is 6.20 Å². The van der Waals surface area contributed by atoms with Crippen molar-refractivity contribution in [3.8, 4) is 0 Å². The van der Waals surface area contributed by atoms with E-state index < -0.39 is 0 Å². The van der Waals surface area contributed by atoms with Gasteiger partial charge in [0, 0.05) is 31.5 Å². The number of hydrogen-bond acceptors (Lipinski definition) is 3. The van der Waals surface area contributed by atoms with E-state index >= 15 is 0 Å². The highest BCUT2D eigenvalue weighted by Gasteiger charge is 2.20. The van der Waals surface area contributed by atoms with Gasteiger partial charge in [-0.2, -0.15) is 0 Å². The molecule has 100 valence electrons. The minimum Gasteiger partial charge on any atom is -0.370 e. The third kappa shape index (κ3) is 3.59. The number of piperidine rings is 1. The van der Waals surface area contributed by atoms with Crippen molar-refractivity contribution in [3.05, 3.63) is 23.5 Å². The van der Waals surface area contributed by atoms with Gasteiger partial charge in [-0.15, -0.1) is 0 Å². The highest BCUT2D eigenvalue weighted by Crippen LogP contribution is 2.28. The van der Waals surface area contributed by atoms with E-state index in [0.717, 1.165) is 36.3 Å². The van der Waals surface area contributed by atoms with Crippen LogP contribution in [0.5, 0.6) is 0 Å². The molecule has 3 nitrogen and oxygen atoms in total. The van der Waals surface area contributed by atoms with Gasteiger partial charge in [0.25, 0.3) is 0 Å². The van der Waals surface area contributed by atoms with Crippen molar-refractivity contribution < 1.29 is 0 Å². The molecule has 1 saturated heterocycles. The fourth-order valence-corrected chi connectivity index (χ4v) is 2.64. The van der Waals surface area contributed by atoms with E-state index in [-0.39, 0.29) is 0 Å². The Morgan fingerprint density at radius 1 is 1.44 bits per heavy atom. The van der Waals surface area contributed by atoms with Gasteiger partial charge in [-0.3, -0.25) is 4.98 Å². The van der Waals surface area contributed by atoms with E-state index in [1.165, 1.54) is 12.8 Å².